The van der Waals surface area contributed by atoms with Crippen LogP contribution in [0.1, 0.15) is 41.4 Å². The lowest BCUT2D eigenvalue weighted by Crippen LogP contribution is -2.47. The molecular weight excluding hydrogens is 374 g/mol. The van der Waals surface area contributed by atoms with E-state index in [0.717, 1.165) is 5.70 Å². The van der Waals surface area contributed by atoms with E-state index in [1.165, 1.54) is 6.07 Å². The van der Waals surface area contributed by atoms with Crippen LogP contribution in [0.15, 0.2) is 59.8 Å². The number of thiocarbonyl (C=S) groups is 1. The van der Waals surface area contributed by atoms with E-state index < -0.39 is 11.0 Å². The third-order valence-corrected chi connectivity index (χ3v) is 5.29. The fourth-order valence-corrected chi connectivity index (χ4v) is 3.84. The smallest absolute Gasteiger partial charge is 0.272 e. The number of benzene rings is 2. The molecule has 0 fully saturated rings. The number of hydrogen-bond donors (Lipinski definition) is 1. The molecule has 1 aliphatic rings. The summed E-state index contributed by atoms with van der Waals surface area (Å²) in [6, 6.07) is 13.5. The number of carbonyl (C=O) groups excluding carboxylic acids is 1. The summed E-state index contributed by atoms with van der Waals surface area (Å²) in [5.41, 5.74) is 3.09. The molecule has 1 atom stereocenters. The van der Waals surface area contributed by atoms with Gasteiger partial charge in [-0.05, 0) is 38.6 Å². The minimum Gasteiger partial charge on any atom is -0.351 e. The molecule has 0 bridgehead atoms. The SMILES string of the molecule is CCN1C(=S)NC(c2ccc(C)c([N+](=O)[O-])c2)C(C(=O)c2ccccc2)=C1C. The van der Waals surface area contributed by atoms with Gasteiger partial charge in [-0.3, -0.25) is 14.9 Å². The van der Waals surface area contributed by atoms with Crippen molar-refractivity contribution < 1.29 is 9.72 Å². The predicted molar refractivity (Wildman–Crippen MR) is 112 cm³/mol. The van der Waals surface area contributed by atoms with E-state index >= 15 is 0 Å². The Morgan fingerprint density at radius 1 is 1.21 bits per heavy atom. The summed E-state index contributed by atoms with van der Waals surface area (Å²) in [4.78, 5) is 26.2. The van der Waals surface area contributed by atoms with Crippen molar-refractivity contribution in [2.24, 2.45) is 0 Å². The van der Waals surface area contributed by atoms with Gasteiger partial charge in [0.05, 0.1) is 11.0 Å². The first kappa shape index (κ1) is 19.7. The van der Waals surface area contributed by atoms with Crippen molar-refractivity contribution >= 4 is 28.8 Å². The summed E-state index contributed by atoms with van der Waals surface area (Å²) in [7, 11) is 0. The Labute approximate surface area is 169 Å². The van der Waals surface area contributed by atoms with E-state index in [4.69, 9.17) is 12.2 Å². The molecule has 2 aromatic carbocycles. The van der Waals surface area contributed by atoms with Crippen LogP contribution in [0.5, 0.6) is 0 Å². The molecule has 144 valence electrons. The number of aryl methyl sites for hydroxylation is 1. The molecule has 1 N–H and O–H groups in total. The number of hydrogen-bond acceptors (Lipinski definition) is 4. The third kappa shape index (κ3) is 3.53. The summed E-state index contributed by atoms with van der Waals surface area (Å²) in [5.74, 6) is -0.125. The normalized spacial score (nSPS) is 16.8. The second-order valence-corrected chi connectivity index (χ2v) is 7.01. The third-order valence-electron chi connectivity index (χ3n) is 4.96. The first-order valence-electron chi connectivity index (χ1n) is 8.98. The zero-order valence-electron chi connectivity index (χ0n) is 15.9. The number of Topliss-reactive ketones (excluding diaryl/α,β-unsaturated/α-hetero) is 1. The molecule has 2 aromatic rings. The van der Waals surface area contributed by atoms with Crippen molar-refractivity contribution in [3.8, 4) is 0 Å². The number of allylic oxidation sites excluding steroid dienone is 1. The number of ketones is 1. The van der Waals surface area contributed by atoms with Gasteiger partial charge in [-0.1, -0.05) is 42.5 Å². The first-order chi connectivity index (χ1) is 13.3. The summed E-state index contributed by atoms with van der Waals surface area (Å²) >= 11 is 5.48. The molecule has 6 nitrogen and oxygen atoms in total. The number of nitrogens with one attached hydrogen (secondary N) is 1. The molecule has 1 unspecified atom stereocenters. The molecule has 1 aliphatic heterocycles. The van der Waals surface area contributed by atoms with Crippen molar-refractivity contribution in [1.82, 2.24) is 10.2 Å². The zero-order chi connectivity index (χ0) is 20.4. The quantitative estimate of drug-likeness (QED) is 0.352. The van der Waals surface area contributed by atoms with E-state index in [9.17, 15) is 14.9 Å². The lowest BCUT2D eigenvalue weighted by atomic mass is 9.88. The zero-order valence-corrected chi connectivity index (χ0v) is 16.7. The standard InChI is InChI=1S/C21H21N3O3S/c1-4-23-14(3)18(20(25)15-8-6-5-7-9-15)19(22-21(23)28)16-11-10-13(2)17(12-16)24(26)27/h5-12,19H,4H2,1-3H3,(H,22,28). The van der Waals surface area contributed by atoms with Gasteiger partial charge in [0.15, 0.2) is 10.9 Å². The highest BCUT2D eigenvalue weighted by molar-refractivity contribution is 7.80. The van der Waals surface area contributed by atoms with Gasteiger partial charge >= 0.3 is 0 Å². The fourth-order valence-electron chi connectivity index (χ4n) is 3.45. The Hall–Kier alpha value is -3.06. The van der Waals surface area contributed by atoms with Gasteiger partial charge in [0, 0.05) is 35.0 Å². The van der Waals surface area contributed by atoms with Crippen LogP contribution >= 0.6 is 12.2 Å². The van der Waals surface area contributed by atoms with E-state index in [0.29, 0.717) is 33.9 Å². The van der Waals surface area contributed by atoms with Crippen LogP contribution in [0.3, 0.4) is 0 Å². The van der Waals surface area contributed by atoms with E-state index in [1.807, 2.05) is 36.9 Å². The summed E-state index contributed by atoms with van der Waals surface area (Å²) < 4.78 is 0. The highest BCUT2D eigenvalue weighted by atomic mass is 32.1. The molecule has 28 heavy (non-hydrogen) atoms. The number of rotatable bonds is 5. The lowest BCUT2D eigenvalue weighted by Gasteiger charge is -2.37. The van der Waals surface area contributed by atoms with Crippen LogP contribution in [0.25, 0.3) is 0 Å². The van der Waals surface area contributed by atoms with Gasteiger partial charge in [-0.2, -0.15) is 0 Å². The maximum absolute atomic E-state index is 13.3. The molecule has 1 heterocycles. The Kier molecular flexibility index (Phi) is 5.56. The summed E-state index contributed by atoms with van der Waals surface area (Å²) in [6.07, 6.45) is 0. The second kappa shape index (κ2) is 7.90. The highest BCUT2D eigenvalue weighted by Crippen LogP contribution is 2.34. The number of carbonyl (C=O) groups is 1. The highest BCUT2D eigenvalue weighted by Gasteiger charge is 2.34. The van der Waals surface area contributed by atoms with Crippen LogP contribution in [-0.4, -0.2) is 27.3 Å². The minimum absolute atomic E-state index is 0.0207. The van der Waals surface area contributed by atoms with Gasteiger partial charge < -0.3 is 10.2 Å². The number of nitrogens with zero attached hydrogens (tertiary/aromatic N) is 2. The molecule has 0 aromatic heterocycles. The predicted octanol–water partition coefficient (Wildman–Crippen LogP) is 4.31. The van der Waals surface area contributed by atoms with Gasteiger partial charge in [0.25, 0.3) is 5.69 Å². The minimum atomic E-state index is -0.553. The fraction of sp³-hybridized carbons (Fsp3) is 0.238. The molecular formula is C21H21N3O3S. The Bertz CT molecular complexity index is 986. The molecule has 0 amide bonds. The maximum Gasteiger partial charge on any atom is 0.272 e. The van der Waals surface area contributed by atoms with Crippen molar-refractivity contribution in [2.75, 3.05) is 6.54 Å². The summed E-state index contributed by atoms with van der Waals surface area (Å²) in [5, 5.41) is 15.1. The second-order valence-electron chi connectivity index (χ2n) is 6.62. The first-order valence-corrected chi connectivity index (χ1v) is 9.39. The Morgan fingerprint density at radius 2 is 1.89 bits per heavy atom. The van der Waals surface area contributed by atoms with Crippen molar-refractivity contribution in [1.29, 1.82) is 0 Å². The van der Waals surface area contributed by atoms with Crippen LogP contribution in [0.4, 0.5) is 5.69 Å². The van der Waals surface area contributed by atoms with Crippen molar-refractivity contribution in [3.63, 3.8) is 0 Å². The van der Waals surface area contributed by atoms with E-state index in [-0.39, 0.29) is 11.5 Å². The monoisotopic (exact) mass is 395 g/mol. The molecule has 0 aliphatic carbocycles. The Balaban J connectivity index is 2.17. The van der Waals surface area contributed by atoms with Crippen LogP contribution in [0.2, 0.25) is 0 Å². The maximum atomic E-state index is 13.3. The van der Waals surface area contributed by atoms with Gasteiger partial charge in [0.1, 0.15) is 0 Å². The average molecular weight is 395 g/mol. The van der Waals surface area contributed by atoms with Crippen LogP contribution in [-0.2, 0) is 0 Å². The van der Waals surface area contributed by atoms with Crippen molar-refractivity contribution in [3.05, 3.63) is 86.6 Å². The molecule has 3 rings (SSSR count). The van der Waals surface area contributed by atoms with E-state index in [2.05, 4.69) is 5.32 Å². The summed E-state index contributed by atoms with van der Waals surface area (Å²) in [6.45, 7) is 6.13. The molecule has 0 saturated heterocycles. The molecule has 0 saturated carbocycles. The van der Waals surface area contributed by atoms with Gasteiger partial charge in [-0.15, -0.1) is 0 Å². The molecule has 0 spiro atoms. The number of nitro groups is 1. The van der Waals surface area contributed by atoms with E-state index in [1.54, 1.807) is 31.2 Å². The molecule has 0 radical (unpaired) electrons. The van der Waals surface area contributed by atoms with Crippen LogP contribution < -0.4 is 5.32 Å². The lowest BCUT2D eigenvalue weighted by molar-refractivity contribution is -0.385. The average Bonchev–Trinajstić information content (AvgIpc) is 2.68. The molecule has 7 heteroatoms. The van der Waals surface area contributed by atoms with Gasteiger partial charge in [-0.25, -0.2) is 0 Å². The number of nitro benzene ring substituents is 1. The van der Waals surface area contributed by atoms with Gasteiger partial charge in [0.2, 0.25) is 0 Å². The topological polar surface area (TPSA) is 75.5 Å². The largest absolute Gasteiger partial charge is 0.351 e. The van der Waals surface area contributed by atoms with Crippen LogP contribution in [0, 0.1) is 17.0 Å². The Morgan fingerprint density at radius 3 is 2.50 bits per heavy atom. The van der Waals surface area contributed by atoms with Crippen molar-refractivity contribution in [2.45, 2.75) is 26.8 Å².